The molecule has 8 nitrogen and oxygen atoms in total. The summed E-state index contributed by atoms with van der Waals surface area (Å²) in [5, 5.41) is 5.99. The molecule has 1 aliphatic carbocycles. The molecule has 3 heterocycles. The number of ether oxygens (including phenoxy) is 1. The summed E-state index contributed by atoms with van der Waals surface area (Å²) in [6.45, 7) is 9.00. The zero-order chi connectivity index (χ0) is 23.1. The first-order valence-corrected chi connectivity index (χ1v) is 12.0. The number of benzene rings is 1. The molecular formula is C26H37N5O3. The van der Waals surface area contributed by atoms with Gasteiger partial charge in [0.1, 0.15) is 0 Å². The third-order valence-electron chi connectivity index (χ3n) is 7.16. The van der Waals surface area contributed by atoms with Crippen molar-refractivity contribution in [3.63, 3.8) is 0 Å². The number of carbonyl (C=O) groups is 1. The Morgan fingerprint density at radius 3 is 2.74 bits per heavy atom. The Labute approximate surface area is 200 Å². The quantitative estimate of drug-likeness (QED) is 0.539. The van der Waals surface area contributed by atoms with Crippen molar-refractivity contribution in [2.45, 2.75) is 53.1 Å². The van der Waals surface area contributed by atoms with Gasteiger partial charge in [0.05, 0.1) is 22.6 Å². The van der Waals surface area contributed by atoms with E-state index >= 15 is 0 Å². The van der Waals surface area contributed by atoms with Crippen molar-refractivity contribution >= 4 is 27.7 Å². The summed E-state index contributed by atoms with van der Waals surface area (Å²) < 4.78 is 7.13. The van der Waals surface area contributed by atoms with Gasteiger partial charge in [-0.15, -0.1) is 0 Å². The fourth-order valence-corrected chi connectivity index (χ4v) is 5.04. The molecule has 34 heavy (non-hydrogen) atoms. The predicted molar refractivity (Wildman–Crippen MR) is 135 cm³/mol. The molecule has 0 bridgehead atoms. The fraction of sp³-hybridized carbons (Fsp3) is 0.577. The van der Waals surface area contributed by atoms with E-state index in [1.54, 1.807) is 13.3 Å². The molecule has 1 amide bonds. The number of hydrogen-bond donors (Lipinski definition) is 1. The maximum Gasteiger partial charge on any atom is 0.259 e. The van der Waals surface area contributed by atoms with E-state index in [9.17, 15) is 9.59 Å². The molecular weight excluding hydrogens is 430 g/mol. The number of amides is 1. The summed E-state index contributed by atoms with van der Waals surface area (Å²) in [5.41, 5.74) is 3.05. The first-order valence-electron chi connectivity index (χ1n) is 12.0. The number of nitrogens with zero attached hydrogens (tertiary/aromatic N) is 4. The van der Waals surface area contributed by atoms with Crippen LogP contribution in [0.15, 0.2) is 23.1 Å². The lowest BCUT2D eigenvalue weighted by Crippen LogP contribution is -2.53. The van der Waals surface area contributed by atoms with Crippen molar-refractivity contribution in [3.05, 3.63) is 39.8 Å². The number of hydrogen-bond acceptors (Lipinski definition) is 5. The molecule has 8 heteroatoms. The fourth-order valence-electron chi connectivity index (χ4n) is 5.04. The van der Waals surface area contributed by atoms with Crippen LogP contribution in [0.5, 0.6) is 0 Å². The zero-order valence-corrected chi connectivity index (χ0v) is 19.8. The average molecular weight is 468 g/mol. The molecule has 1 N–H and O–H groups in total. The number of nitrogens with one attached hydrogen (secondary N) is 1. The molecule has 3 aromatic rings. The molecule has 2 aliphatic rings. The summed E-state index contributed by atoms with van der Waals surface area (Å²) >= 11 is 0. The summed E-state index contributed by atoms with van der Waals surface area (Å²) in [6, 6.07) is 4.21. The van der Waals surface area contributed by atoms with E-state index in [0.717, 1.165) is 54.6 Å². The Balaban J connectivity index is 0.00000274. The lowest BCUT2D eigenvalue weighted by molar-refractivity contribution is 0.0490. The van der Waals surface area contributed by atoms with Crippen LogP contribution in [0.1, 0.15) is 49.5 Å². The molecule has 1 aromatic carbocycles. The van der Waals surface area contributed by atoms with Gasteiger partial charge < -0.3 is 14.6 Å². The van der Waals surface area contributed by atoms with E-state index in [1.807, 2.05) is 28.6 Å². The molecule has 0 spiro atoms. The highest BCUT2D eigenvalue weighted by Crippen LogP contribution is 2.33. The van der Waals surface area contributed by atoms with Crippen molar-refractivity contribution in [3.8, 4) is 0 Å². The van der Waals surface area contributed by atoms with Gasteiger partial charge in [-0.2, -0.15) is 5.10 Å². The van der Waals surface area contributed by atoms with E-state index in [1.165, 1.54) is 12.8 Å². The molecule has 184 valence electrons. The van der Waals surface area contributed by atoms with Gasteiger partial charge in [-0.25, -0.2) is 0 Å². The molecule has 0 unspecified atom stereocenters. The highest BCUT2D eigenvalue weighted by atomic mass is 16.5. The number of carbonyl (C=O) groups excluding carboxylic acids is 1. The zero-order valence-electron chi connectivity index (χ0n) is 19.8. The van der Waals surface area contributed by atoms with Gasteiger partial charge in [0, 0.05) is 63.4 Å². The number of H-pyrrole nitrogens is 1. The minimum absolute atomic E-state index is 0. The van der Waals surface area contributed by atoms with Crippen LogP contribution < -0.4 is 5.56 Å². The number of pyridine rings is 1. The summed E-state index contributed by atoms with van der Waals surface area (Å²) in [5.74, 6) is 0.695. The van der Waals surface area contributed by atoms with Crippen LogP contribution in [0.3, 0.4) is 0 Å². The first kappa shape index (κ1) is 24.4. The van der Waals surface area contributed by atoms with E-state index in [-0.39, 0.29) is 18.9 Å². The van der Waals surface area contributed by atoms with Crippen molar-refractivity contribution in [2.75, 3.05) is 39.9 Å². The second-order valence-corrected chi connectivity index (χ2v) is 9.68. The standard InChI is InChI=1S/C25H33N5O3.CH4/c1-16-11-22-20(23-21(24(31)27-22)13-26-30(23)15-18-5-6-18)12-19(16)25(32)29-9-8-28(17(2)14-29)7-4-10-33-3;/h11-13,17-18H,4-10,14-15H2,1-3H3,(H,27,31);1H4/t17-;/m0./s1. The maximum atomic E-state index is 13.6. The van der Waals surface area contributed by atoms with Gasteiger partial charge in [-0.05, 0) is 56.7 Å². The number of aromatic nitrogens is 3. The Morgan fingerprint density at radius 1 is 1.24 bits per heavy atom. The number of rotatable bonds is 7. The van der Waals surface area contributed by atoms with Crippen LogP contribution >= 0.6 is 0 Å². The highest BCUT2D eigenvalue weighted by Gasteiger charge is 2.28. The van der Waals surface area contributed by atoms with Crippen LogP contribution in [0.25, 0.3) is 21.8 Å². The smallest absolute Gasteiger partial charge is 0.259 e. The Morgan fingerprint density at radius 2 is 2.03 bits per heavy atom. The highest BCUT2D eigenvalue weighted by molar-refractivity contribution is 6.07. The molecule has 1 saturated carbocycles. The van der Waals surface area contributed by atoms with Gasteiger partial charge in [0.2, 0.25) is 0 Å². The normalized spacial score (nSPS) is 19.0. The Hall–Kier alpha value is -2.71. The van der Waals surface area contributed by atoms with Gasteiger partial charge >= 0.3 is 0 Å². The molecule has 0 radical (unpaired) electrons. The molecule has 1 atom stereocenters. The third-order valence-corrected chi connectivity index (χ3v) is 7.16. The molecule has 1 saturated heterocycles. The second-order valence-electron chi connectivity index (χ2n) is 9.68. The largest absolute Gasteiger partial charge is 0.385 e. The lowest BCUT2D eigenvalue weighted by Gasteiger charge is -2.40. The van der Waals surface area contributed by atoms with Crippen molar-refractivity contribution in [2.24, 2.45) is 5.92 Å². The molecule has 5 rings (SSSR count). The number of aryl methyl sites for hydroxylation is 1. The summed E-state index contributed by atoms with van der Waals surface area (Å²) in [7, 11) is 1.73. The topological polar surface area (TPSA) is 83.5 Å². The van der Waals surface area contributed by atoms with Crippen LogP contribution in [0, 0.1) is 12.8 Å². The summed E-state index contributed by atoms with van der Waals surface area (Å²) in [6.07, 6.45) is 5.07. The molecule has 2 aromatic heterocycles. The minimum atomic E-state index is -0.128. The van der Waals surface area contributed by atoms with Gasteiger partial charge in [-0.1, -0.05) is 7.43 Å². The Bertz CT molecular complexity index is 1240. The monoisotopic (exact) mass is 467 g/mol. The van der Waals surface area contributed by atoms with E-state index < -0.39 is 0 Å². The minimum Gasteiger partial charge on any atom is -0.385 e. The lowest BCUT2D eigenvalue weighted by atomic mass is 10.0. The predicted octanol–water partition coefficient (Wildman–Crippen LogP) is 3.42. The SMILES string of the molecule is C.COCCCN1CCN(C(=O)c2cc3c(cc2C)[nH]c(=O)c2cnn(CC4CC4)c23)C[C@@H]1C. The van der Waals surface area contributed by atoms with Crippen LogP contribution in [-0.2, 0) is 11.3 Å². The summed E-state index contributed by atoms with van der Waals surface area (Å²) in [4.78, 5) is 33.6. The number of aromatic amines is 1. The van der Waals surface area contributed by atoms with Crippen LogP contribution in [0.2, 0.25) is 0 Å². The third kappa shape index (κ3) is 4.61. The first-order chi connectivity index (χ1) is 16.0. The van der Waals surface area contributed by atoms with Gasteiger partial charge in [0.15, 0.2) is 0 Å². The number of fused-ring (bicyclic) bond motifs is 3. The average Bonchev–Trinajstić information content (AvgIpc) is 3.51. The van der Waals surface area contributed by atoms with Crippen molar-refractivity contribution in [1.82, 2.24) is 24.6 Å². The van der Waals surface area contributed by atoms with Crippen LogP contribution in [0.4, 0.5) is 0 Å². The maximum absolute atomic E-state index is 13.6. The number of methoxy groups -OCH3 is 1. The van der Waals surface area contributed by atoms with E-state index in [0.29, 0.717) is 36.0 Å². The van der Waals surface area contributed by atoms with E-state index in [4.69, 9.17) is 4.74 Å². The van der Waals surface area contributed by atoms with Crippen LogP contribution in [-0.4, -0.2) is 76.4 Å². The van der Waals surface area contributed by atoms with Crippen molar-refractivity contribution in [1.29, 1.82) is 0 Å². The second kappa shape index (κ2) is 9.88. The van der Waals surface area contributed by atoms with Gasteiger partial charge in [-0.3, -0.25) is 19.2 Å². The number of piperazine rings is 1. The molecule has 2 fully saturated rings. The van der Waals surface area contributed by atoms with Gasteiger partial charge in [0.25, 0.3) is 11.5 Å². The van der Waals surface area contributed by atoms with E-state index in [2.05, 4.69) is 21.9 Å². The Kier molecular flexibility index (Phi) is 7.09. The van der Waals surface area contributed by atoms with Crippen molar-refractivity contribution < 1.29 is 9.53 Å². The molecule has 1 aliphatic heterocycles.